The van der Waals surface area contributed by atoms with E-state index in [2.05, 4.69) is 4.98 Å². The molecule has 2 aromatic heterocycles. The summed E-state index contributed by atoms with van der Waals surface area (Å²) in [7, 11) is 0. The van der Waals surface area contributed by atoms with E-state index in [4.69, 9.17) is 4.42 Å². The Morgan fingerprint density at radius 1 is 1.26 bits per heavy atom. The summed E-state index contributed by atoms with van der Waals surface area (Å²) in [6.07, 6.45) is 3.18. The lowest BCUT2D eigenvalue weighted by Crippen LogP contribution is -2.22. The Kier molecular flexibility index (Phi) is 2.61. The third kappa shape index (κ3) is 1.90. The zero-order valence-corrected chi connectivity index (χ0v) is 10.3. The van der Waals surface area contributed by atoms with Crippen LogP contribution in [0, 0.1) is 5.82 Å². The fourth-order valence-electron chi connectivity index (χ4n) is 2.06. The van der Waals surface area contributed by atoms with Gasteiger partial charge in [0.2, 0.25) is 0 Å². The van der Waals surface area contributed by atoms with Crippen LogP contribution in [0.1, 0.15) is 18.2 Å². The molecule has 0 aliphatic carbocycles. The molecule has 0 radical (unpaired) electrons. The van der Waals surface area contributed by atoms with Crippen molar-refractivity contribution in [2.45, 2.75) is 12.5 Å². The Hall–Kier alpha value is -2.20. The first-order chi connectivity index (χ1) is 9.09. The zero-order chi connectivity index (χ0) is 13.5. The third-order valence-corrected chi connectivity index (χ3v) is 3.20. The second-order valence-corrected chi connectivity index (χ2v) is 4.58. The zero-order valence-electron chi connectivity index (χ0n) is 10.3. The summed E-state index contributed by atoms with van der Waals surface area (Å²) in [5.74, 6) is -0.147. The van der Waals surface area contributed by atoms with E-state index in [9.17, 15) is 9.50 Å². The van der Waals surface area contributed by atoms with Crippen molar-refractivity contribution in [1.82, 2.24) is 4.98 Å². The fourth-order valence-corrected chi connectivity index (χ4v) is 2.06. The molecule has 19 heavy (non-hydrogen) atoms. The van der Waals surface area contributed by atoms with Crippen LogP contribution >= 0.6 is 0 Å². The van der Waals surface area contributed by atoms with Crippen molar-refractivity contribution in [1.29, 1.82) is 0 Å². The molecule has 0 aliphatic rings. The van der Waals surface area contributed by atoms with Crippen molar-refractivity contribution >= 4 is 11.0 Å². The number of fused-ring (bicyclic) bond motifs is 1. The van der Waals surface area contributed by atoms with Crippen molar-refractivity contribution in [3.05, 3.63) is 65.9 Å². The van der Waals surface area contributed by atoms with Gasteiger partial charge >= 0.3 is 0 Å². The van der Waals surface area contributed by atoms with E-state index in [1.54, 1.807) is 49.6 Å². The highest BCUT2D eigenvalue weighted by Gasteiger charge is 2.30. The van der Waals surface area contributed by atoms with Crippen LogP contribution in [0.15, 0.2) is 53.2 Å². The van der Waals surface area contributed by atoms with Crippen molar-refractivity contribution < 1.29 is 13.9 Å². The van der Waals surface area contributed by atoms with Crippen molar-refractivity contribution in [3.63, 3.8) is 0 Å². The molecule has 4 heteroatoms. The third-order valence-electron chi connectivity index (χ3n) is 3.20. The summed E-state index contributed by atoms with van der Waals surface area (Å²) in [4.78, 5) is 3.97. The summed E-state index contributed by atoms with van der Waals surface area (Å²) in [6.45, 7) is 1.60. The van der Waals surface area contributed by atoms with Crippen LogP contribution in [-0.4, -0.2) is 10.1 Å². The highest BCUT2D eigenvalue weighted by Crippen LogP contribution is 2.33. The van der Waals surface area contributed by atoms with E-state index in [1.165, 1.54) is 6.07 Å². The number of halogens is 1. The molecule has 0 saturated heterocycles. The summed E-state index contributed by atoms with van der Waals surface area (Å²) < 4.78 is 19.1. The first-order valence-electron chi connectivity index (χ1n) is 5.90. The van der Waals surface area contributed by atoms with Gasteiger partial charge in [-0.15, -0.1) is 0 Å². The van der Waals surface area contributed by atoms with Crippen molar-refractivity contribution in [3.8, 4) is 0 Å². The summed E-state index contributed by atoms with van der Waals surface area (Å²) in [6, 6.07) is 9.80. The minimum atomic E-state index is -1.35. The number of pyridine rings is 1. The molecule has 0 bridgehead atoms. The van der Waals surface area contributed by atoms with E-state index in [0.717, 1.165) is 0 Å². The van der Waals surface area contributed by atoms with Gasteiger partial charge in [-0.2, -0.15) is 0 Å². The number of benzene rings is 1. The van der Waals surface area contributed by atoms with E-state index >= 15 is 0 Å². The van der Waals surface area contributed by atoms with Crippen LogP contribution in [0.4, 0.5) is 4.39 Å². The average Bonchev–Trinajstić information content (AvgIpc) is 2.86. The highest BCUT2D eigenvalue weighted by molar-refractivity contribution is 5.78. The molecule has 1 atom stereocenters. The van der Waals surface area contributed by atoms with Gasteiger partial charge in [-0.25, -0.2) is 4.39 Å². The average molecular weight is 257 g/mol. The Labute approximate surface area is 109 Å². The molecule has 2 heterocycles. The van der Waals surface area contributed by atoms with Gasteiger partial charge in [-0.3, -0.25) is 4.98 Å². The van der Waals surface area contributed by atoms with Crippen LogP contribution in [0.25, 0.3) is 11.0 Å². The SMILES string of the molecule is CC(O)(c1cccnc1)c1cc2cccc(F)c2o1. The van der Waals surface area contributed by atoms with Crippen LogP contribution < -0.4 is 0 Å². The number of aliphatic hydroxyl groups is 1. The molecule has 0 aliphatic heterocycles. The molecule has 1 aromatic carbocycles. The monoisotopic (exact) mass is 257 g/mol. The van der Waals surface area contributed by atoms with E-state index in [1.807, 2.05) is 0 Å². The molecular formula is C15H12FNO2. The first kappa shape index (κ1) is 11.9. The maximum absolute atomic E-state index is 13.6. The Morgan fingerprint density at radius 2 is 2.11 bits per heavy atom. The predicted octanol–water partition coefficient (Wildman–Crippen LogP) is 3.22. The Balaban J connectivity index is 2.16. The minimum absolute atomic E-state index is 0.154. The van der Waals surface area contributed by atoms with Crippen LogP contribution in [-0.2, 0) is 5.60 Å². The second-order valence-electron chi connectivity index (χ2n) is 4.58. The minimum Gasteiger partial charge on any atom is -0.455 e. The molecule has 1 N–H and O–H groups in total. The summed E-state index contributed by atoms with van der Waals surface area (Å²) in [5, 5.41) is 11.2. The number of furan rings is 1. The molecule has 0 spiro atoms. The van der Waals surface area contributed by atoms with Crippen LogP contribution in [0.2, 0.25) is 0 Å². The second kappa shape index (κ2) is 4.17. The van der Waals surface area contributed by atoms with Gasteiger partial charge in [0.15, 0.2) is 11.4 Å². The lowest BCUT2D eigenvalue weighted by atomic mass is 9.95. The van der Waals surface area contributed by atoms with Gasteiger partial charge in [-0.1, -0.05) is 18.2 Å². The van der Waals surface area contributed by atoms with Crippen LogP contribution in [0.3, 0.4) is 0 Å². The molecule has 3 rings (SSSR count). The Morgan fingerprint density at radius 3 is 2.79 bits per heavy atom. The van der Waals surface area contributed by atoms with Gasteiger partial charge in [-0.05, 0) is 25.1 Å². The van der Waals surface area contributed by atoms with Crippen molar-refractivity contribution in [2.24, 2.45) is 0 Å². The molecule has 0 saturated carbocycles. The fraction of sp³-hybridized carbons (Fsp3) is 0.133. The maximum atomic E-state index is 13.6. The van der Waals surface area contributed by atoms with E-state index < -0.39 is 11.4 Å². The van der Waals surface area contributed by atoms with Crippen molar-refractivity contribution in [2.75, 3.05) is 0 Å². The molecule has 96 valence electrons. The molecule has 3 nitrogen and oxygen atoms in total. The van der Waals surface area contributed by atoms with Gasteiger partial charge in [0.1, 0.15) is 11.4 Å². The van der Waals surface area contributed by atoms with Gasteiger partial charge < -0.3 is 9.52 Å². The number of para-hydroxylation sites is 1. The largest absolute Gasteiger partial charge is 0.455 e. The number of rotatable bonds is 2. The number of aromatic nitrogens is 1. The molecular weight excluding hydrogens is 245 g/mol. The predicted molar refractivity (Wildman–Crippen MR) is 69.1 cm³/mol. The number of hydrogen-bond donors (Lipinski definition) is 1. The van der Waals surface area contributed by atoms with Gasteiger partial charge in [0, 0.05) is 23.3 Å². The first-order valence-corrected chi connectivity index (χ1v) is 5.90. The molecule has 1 unspecified atom stereocenters. The van der Waals surface area contributed by atoms with E-state index in [0.29, 0.717) is 16.7 Å². The summed E-state index contributed by atoms with van der Waals surface area (Å²) in [5.41, 5.74) is -0.601. The maximum Gasteiger partial charge on any atom is 0.170 e. The highest BCUT2D eigenvalue weighted by atomic mass is 19.1. The molecule has 3 aromatic rings. The topological polar surface area (TPSA) is 46.3 Å². The lowest BCUT2D eigenvalue weighted by molar-refractivity contribution is 0.0781. The standard InChI is InChI=1S/C15H12FNO2/c1-15(18,11-5-3-7-17-9-11)13-8-10-4-2-6-12(16)14(10)19-13/h2-9,18H,1H3. The van der Waals surface area contributed by atoms with E-state index in [-0.39, 0.29) is 5.58 Å². The van der Waals surface area contributed by atoms with Crippen LogP contribution in [0.5, 0.6) is 0 Å². The Bertz CT molecular complexity index is 719. The van der Waals surface area contributed by atoms with Gasteiger partial charge in [0.05, 0.1) is 0 Å². The molecule has 0 amide bonds. The lowest BCUT2D eigenvalue weighted by Gasteiger charge is -2.20. The normalized spacial score (nSPS) is 14.5. The number of nitrogens with zero attached hydrogens (tertiary/aromatic N) is 1. The summed E-state index contributed by atoms with van der Waals surface area (Å²) >= 11 is 0. The smallest absolute Gasteiger partial charge is 0.170 e. The molecule has 0 fully saturated rings. The van der Waals surface area contributed by atoms with Gasteiger partial charge in [0.25, 0.3) is 0 Å². The number of hydrogen-bond acceptors (Lipinski definition) is 3. The quantitative estimate of drug-likeness (QED) is 0.766.